The van der Waals surface area contributed by atoms with Crippen LogP contribution >= 0.6 is 23.4 Å². The number of nitrogens with zero attached hydrogens (tertiary/aromatic N) is 3. The van der Waals surface area contributed by atoms with Crippen LogP contribution in [0.15, 0.2) is 12.4 Å². The van der Waals surface area contributed by atoms with Crippen molar-refractivity contribution in [2.45, 2.75) is 18.2 Å². The van der Waals surface area contributed by atoms with Crippen LogP contribution in [0.2, 0.25) is 0 Å². The molecule has 8 heteroatoms. The minimum Gasteiger partial charge on any atom is -0.322 e. The van der Waals surface area contributed by atoms with Crippen LogP contribution in [0.5, 0.6) is 0 Å². The van der Waals surface area contributed by atoms with E-state index in [-0.39, 0.29) is 5.75 Å². The van der Waals surface area contributed by atoms with Gasteiger partial charge in [-0.3, -0.25) is 0 Å². The lowest BCUT2D eigenvalue weighted by molar-refractivity contribution is 0.577. The van der Waals surface area contributed by atoms with E-state index >= 15 is 0 Å². The van der Waals surface area contributed by atoms with Crippen LogP contribution in [-0.4, -0.2) is 47.6 Å². The smallest absolute Gasteiger partial charge is 0.226 e. The second-order valence-corrected chi connectivity index (χ2v) is 8.06. The minimum atomic E-state index is -3.14. The van der Waals surface area contributed by atoms with E-state index in [1.807, 2.05) is 0 Å². The van der Waals surface area contributed by atoms with Crippen LogP contribution in [-0.2, 0) is 15.7 Å². The Morgan fingerprint density at radius 3 is 2.74 bits per heavy atom. The average Bonchev–Trinajstić information content (AvgIpc) is 2.47. The maximum absolute atomic E-state index is 12.1. The van der Waals surface area contributed by atoms with Crippen molar-refractivity contribution in [2.75, 3.05) is 28.7 Å². The summed E-state index contributed by atoms with van der Waals surface area (Å²) in [5.74, 6) is 2.41. The first-order valence-electron chi connectivity index (χ1n) is 6.01. The van der Waals surface area contributed by atoms with Gasteiger partial charge in [0.25, 0.3) is 0 Å². The third-order valence-corrected chi connectivity index (χ3v) is 6.60. The fourth-order valence-corrected chi connectivity index (χ4v) is 4.97. The molecule has 5 nitrogen and oxygen atoms in total. The summed E-state index contributed by atoms with van der Waals surface area (Å²) in [7, 11) is -3.14. The Hall–Kier alpha value is -0.530. The summed E-state index contributed by atoms with van der Waals surface area (Å²) in [5, 5.41) is -0.530. The third-order valence-electron chi connectivity index (χ3n) is 3.00. The number of hydrogen-bond donors (Lipinski definition) is 0. The van der Waals surface area contributed by atoms with Gasteiger partial charge in [0.2, 0.25) is 5.95 Å². The van der Waals surface area contributed by atoms with Gasteiger partial charge in [-0.1, -0.05) is 6.92 Å². The third kappa shape index (κ3) is 3.32. The van der Waals surface area contributed by atoms with Crippen LogP contribution in [0.1, 0.15) is 12.5 Å². The molecule has 0 amide bonds. The molecule has 0 radical (unpaired) electrons. The number of anilines is 1. The SMILES string of the molecule is CCS(=O)(=O)C1CSCCN1c1ncc(CCl)cn1. The van der Waals surface area contributed by atoms with E-state index < -0.39 is 15.2 Å². The van der Waals surface area contributed by atoms with Crippen molar-refractivity contribution < 1.29 is 8.42 Å². The number of sulfone groups is 1. The largest absolute Gasteiger partial charge is 0.322 e. The standard InChI is InChI=1S/C11H16ClN3O2S2/c1-2-19(16,17)10-8-18-4-3-15(10)11-13-6-9(5-12)7-14-11/h6-7,10H,2-5,8H2,1H3. The van der Waals surface area contributed by atoms with E-state index in [1.54, 1.807) is 36.0 Å². The van der Waals surface area contributed by atoms with E-state index in [1.165, 1.54) is 0 Å². The molecule has 0 aliphatic carbocycles. The highest BCUT2D eigenvalue weighted by Crippen LogP contribution is 2.24. The summed E-state index contributed by atoms with van der Waals surface area (Å²) in [4.78, 5) is 10.2. The first kappa shape index (κ1) is 14.9. The molecule has 0 N–H and O–H groups in total. The number of thioether (sulfide) groups is 1. The van der Waals surface area contributed by atoms with Gasteiger partial charge in [-0.2, -0.15) is 11.8 Å². The molecule has 1 saturated heterocycles. The molecule has 0 aromatic carbocycles. The van der Waals surface area contributed by atoms with Crippen LogP contribution in [0, 0.1) is 0 Å². The quantitative estimate of drug-likeness (QED) is 0.784. The molecule has 2 rings (SSSR count). The summed E-state index contributed by atoms with van der Waals surface area (Å²) in [6, 6.07) is 0. The Bertz CT molecular complexity index is 521. The monoisotopic (exact) mass is 321 g/mol. The second-order valence-electron chi connectivity index (χ2n) is 4.20. The molecular weight excluding hydrogens is 306 g/mol. The Morgan fingerprint density at radius 2 is 2.16 bits per heavy atom. The zero-order valence-corrected chi connectivity index (χ0v) is 13.0. The summed E-state index contributed by atoms with van der Waals surface area (Å²) in [5.41, 5.74) is 0.826. The molecule has 2 heterocycles. The molecule has 19 heavy (non-hydrogen) atoms. The molecule has 1 atom stereocenters. The molecular formula is C11H16ClN3O2S2. The van der Waals surface area contributed by atoms with E-state index in [9.17, 15) is 8.42 Å². The topological polar surface area (TPSA) is 63.2 Å². The number of alkyl halides is 1. The van der Waals surface area contributed by atoms with Gasteiger partial charge in [0.15, 0.2) is 9.84 Å². The van der Waals surface area contributed by atoms with Gasteiger partial charge in [-0.25, -0.2) is 18.4 Å². The van der Waals surface area contributed by atoms with Crippen molar-refractivity contribution >= 4 is 39.1 Å². The minimum absolute atomic E-state index is 0.133. The zero-order chi connectivity index (χ0) is 13.9. The molecule has 1 aromatic rings. The Balaban J connectivity index is 2.28. The van der Waals surface area contributed by atoms with Gasteiger partial charge in [0.05, 0.1) is 5.88 Å². The number of aromatic nitrogens is 2. The molecule has 1 aromatic heterocycles. The fourth-order valence-electron chi connectivity index (χ4n) is 1.87. The lowest BCUT2D eigenvalue weighted by Crippen LogP contribution is -2.48. The highest BCUT2D eigenvalue weighted by Gasteiger charge is 2.34. The highest BCUT2D eigenvalue weighted by molar-refractivity contribution is 8.01. The number of rotatable bonds is 4. The molecule has 1 fully saturated rings. The first-order valence-corrected chi connectivity index (χ1v) is 9.41. The maximum Gasteiger partial charge on any atom is 0.226 e. The van der Waals surface area contributed by atoms with Crippen molar-refractivity contribution in [2.24, 2.45) is 0 Å². The summed E-state index contributed by atoms with van der Waals surface area (Å²) in [6.45, 7) is 2.32. The average molecular weight is 322 g/mol. The van der Waals surface area contributed by atoms with Crippen LogP contribution in [0.3, 0.4) is 0 Å². The predicted octanol–water partition coefficient (Wildman–Crippen LogP) is 1.53. The van der Waals surface area contributed by atoms with E-state index in [0.717, 1.165) is 11.3 Å². The van der Waals surface area contributed by atoms with E-state index in [4.69, 9.17) is 11.6 Å². The molecule has 1 aliphatic heterocycles. The van der Waals surface area contributed by atoms with Gasteiger partial charge in [0.1, 0.15) is 5.37 Å². The van der Waals surface area contributed by atoms with Crippen LogP contribution < -0.4 is 4.90 Å². The zero-order valence-electron chi connectivity index (χ0n) is 10.6. The molecule has 0 bridgehead atoms. The summed E-state index contributed by atoms with van der Waals surface area (Å²) >= 11 is 7.35. The van der Waals surface area contributed by atoms with Gasteiger partial charge in [-0.15, -0.1) is 11.6 Å². The van der Waals surface area contributed by atoms with Gasteiger partial charge < -0.3 is 4.90 Å². The van der Waals surface area contributed by atoms with Crippen molar-refractivity contribution in [3.63, 3.8) is 0 Å². The molecule has 1 unspecified atom stereocenters. The van der Waals surface area contributed by atoms with Crippen LogP contribution in [0.25, 0.3) is 0 Å². The van der Waals surface area contributed by atoms with E-state index in [0.29, 0.717) is 24.1 Å². The van der Waals surface area contributed by atoms with Gasteiger partial charge in [-0.05, 0) is 0 Å². The van der Waals surface area contributed by atoms with Gasteiger partial charge >= 0.3 is 0 Å². The Labute approximate surface area is 122 Å². The summed E-state index contributed by atoms with van der Waals surface area (Å²) < 4.78 is 24.3. The second kappa shape index (κ2) is 6.28. The Kier molecular flexibility index (Phi) is 4.92. The number of hydrogen-bond acceptors (Lipinski definition) is 6. The Morgan fingerprint density at radius 1 is 1.47 bits per heavy atom. The van der Waals surface area contributed by atoms with Crippen molar-refractivity contribution in [3.8, 4) is 0 Å². The predicted molar refractivity (Wildman–Crippen MR) is 79.5 cm³/mol. The van der Waals surface area contributed by atoms with Crippen molar-refractivity contribution in [3.05, 3.63) is 18.0 Å². The lowest BCUT2D eigenvalue weighted by Gasteiger charge is -2.34. The molecule has 0 spiro atoms. The fraction of sp³-hybridized carbons (Fsp3) is 0.636. The summed E-state index contributed by atoms with van der Waals surface area (Å²) in [6.07, 6.45) is 3.29. The highest BCUT2D eigenvalue weighted by atomic mass is 35.5. The van der Waals surface area contributed by atoms with E-state index in [2.05, 4.69) is 9.97 Å². The maximum atomic E-state index is 12.1. The van der Waals surface area contributed by atoms with Crippen LogP contribution in [0.4, 0.5) is 5.95 Å². The van der Waals surface area contributed by atoms with Crippen molar-refractivity contribution in [1.29, 1.82) is 0 Å². The lowest BCUT2D eigenvalue weighted by atomic mass is 10.4. The molecule has 1 aliphatic rings. The first-order chi connectivity index (χ1) is 9.08. The number of halogens is 1. The molecule has 0 saturated carbocycles. The normalized spacial score (nSPS) is 20.5. The van der Waals surface area contributed by atoms with Gasteiger partial charge in [0, 0.05) is 41.8 Å². The van der Waals surface area contributed by atoms with Crippen molar-refractivity contribution in [1.82, 2.24) is 9.97 Å². The molecule has 106 valence electrons.